The van der Waals surface area contributed by atoms with Crippen LogP contribution in [0.2, 0.25) is 0 Å². The van der Waals surface area contributed by atoms with E-state index in [4.69, 9.17) is 0 Å². The zero-order valence-corrected chi connectivity index (χ0v) is 4.68. The van der Waals surface area contributed by atoms with Gasteiger partial charge in [0.1, 0.15) is 0 Å². The van der Waals surface area contributed by atoms with Gasteiger partial charge in [0, 0.05) is 18.9 Å². The molecule has 41 valence electrons. The lowest BCUT2D eigenvalue weighted by molar-refractivity contribution is 1.30. The van der Waals surface area contributed by atoms with E-state index in [0.29, 0.717) is 0 Å². The Labute approximate surface area is 48.6 Å². The Balaban J connectivity index is 2.83. The highest BCUT2D eigenvalue weighted by Crippen LogP contribution is 1.98. The van der Waals surface area contributed by atoms with Crippen molar-refractivity contribution in [3.63, 3.8) is 0 Å². The van der Waals surface area contributed by atoms with Gasteiger partial charge in [0.25, 0.3) is 0 Å². The van der Waals surface area contributed by atoms with Crippen LogP contribution in [-0.2, 0) is 0 Å². The third kappa shape index (κ3) is 0.964. The van der Waals surface area contributed by atoms with E-state index in [0.717, 1.165) is 5.69 Å². The van der Waals surface area contributed by atoms with Gasteiger partial charge in [-0.1, -0.05) is 0 Å². The molecule has 0 bridgehead atoms. The highest BCUT2D eigenvalue weighted by molar-refractivity contribution is 5.39. The summed E-state index contributed by atoms with van der Waals surface area (Å²) in [7, 11) is 1.86. The molecule has 0 aliphatic rings. The molecule has 0 saturated carbocycles. The van der Waals surface area contributed by atoms with Crippen LogP contribution in [0.3, 0.4) is 0 Å². The fourth-order valence-corrected chi connectivity index (χ4v) is 0.471. The van der Waals surface area contributed by atoms with Gasteiger partial charge in [0.05, 0.1) is 6.20 Å². The van der Waals surface area contributed by atoms with Crippen LogP contribution in [-0.4, -0.2) is 12.0 Å². The number of anilines is 1. The molecule has 0 saturated heterocycles. The number of nitrogens with one attached hydrogen (secondary N) is 1. The van der Waals surface area contributed by atoms with Crippen molar-refractivity contribution < 1.29 is 0 Å². The second-order valence-electron chi connectivity index (χ2n) is 1.42. The fourth-order valence-electron chi connectivity index (χ4n) is 0.471. The van der Waals surface area contributed by atoms with Gasteiger partial charge in [-0.2, -0.15) is 0 Å². The van der Waals surface area contributed by atoms with E-state index in [-0.39, 0.29) is 0 Å². The van der Waals surface area contributed by atoms with Gasteiger partial charge in [-0.15, -0.1) is 0 Å². The molecule has 1 radical (unpaired) electrons. The average Bonchev–Trinajstić information content (AvgIpc) is 1.90. The number of nitrogens with zero attached hydrogens (tertiary/aromatic N) is 1. The third-order valence-electron chi connectivity index (χ3n) is 0.912. The van der Waals surface area contributed by atoms with Crippen molar-refractivity contribution in [2.24, 2.45) is 0 Å². The lowest BCUT2D eigenvalue weighted by atomic mass is 10.4. The molecular weight excluding hydrogens is 100 g/mol. The molecule has 0 fully saturated rings. The van der Waals surface area contributed by atoms with Crippen LogP contribution in [0, 0.1) is 6.20 Å². The molecule has 0 atom stereocenters. The van der Waals surface area contributed by atoms with Crippen LogP contribution in [0.15, 0.2) is 18.3 Å². The van der Waals surface area contributed by atoms with E-state index >= 15 is 0 Å². The minimum absolute atomic E-state index is 1.04. The summed E-state index contributed by atoms with van der Waals surface area (Å²) in [5.74, 6) is 0. The summed E-state index contributed by atoms with van der Waals surface area (Å²) < 4.78 is 0. The van der Waals surface area contributed by atoms with E-state index in [2.05, 4.69) is 16.5 Å². The molecule has 0 aromatic carbocycles. The number of aromatic nitrogens is 1. The third-order valence-corrected chi connectivity index (χ3v) is 0.912. The second kappa shape index (κ2) is 2.31. The van der Waals surface area contributed by atoms with Crippen molar-refractivity contribution >= 4 is 5.69 Å². The number of rotatable bonds is 1. The van der Waals surface area contributed by atoms with Crippen LogP contribution in [0.25, 0.3) is 0 Å². The minimum Gasteiger partial charge on any atom is -0.388 e. The Morgan fingerprint density at radius 1 is 1.75 bits per heavy atom. The van der Waals surface area contributed by atoms with Gasteiger partial charge >= 0.3 is 0 Å². The Bertz CT molecular complexity index is 148. The van der Waals surface area contributed by atoms with Crippen LogP contribution >= 0.6 is 0 Å². The van der Waals surface area contributed by atoms with Crippen molar-refractivity contribution in [2.75, 3.05) is 12.4 Å². The summed E-state index contributed by atoms with van der Waals surface area (Å²) in [5, 5.41) is 2.96. The van der Waals surface area contributed by atoms with Gasteiger partial charge in [0.15, 0.2) is 0 Å². The maximum Gasteiger partial charge on any atom is 0.0907 e. The zero-order chi connectivity index (χ0) is 5.82. The first-order valence-electron chi connectivity index (χ1n) is 2.43. The molecule has 1 N–H and O–H groups in total. The monoisotopic (exact) mass is 107 g/mol. The summed E-state index contributed by atoms with van der Waals surface area (Å²) in [6, 6.07) is 3.68. The smallest absolute Gasteiger partial charge is 0.0907 e. The van der Waals surface area contributed by atoms with Gasteiger partial charge in [-0.05, 0) is 12.1 Å². The normalized spacial score (nSPS) is 8.62. The van der Waals surface area contributed by atoms with Crippen LogP contribution in [0.1, 0.15) is 0 Å². The zero-order valence-electron chi connectivity index (χ0n) is 4.68. The van der Waals surface area contributed by atoms with Gasteiger partial charge in [0.2, 0.25) is 0 Å². The van der Waals surface area contributed by atoms with Crippen molar-refractivity contribution in [2.45, 2.75) is 0 Å². The molecule has 0 amide bonds. The lowest BCUT2D eigenvalue weighted by Gasteiger charge is -1.93. The van der Waals surface area contributed by atoms with E-state index in [1.165, 1.54) is 0 Å². The quantitative estimate of drug-likeness (QED) is 0.577. The Morgan fingerprint density at radius 3 is 3.00 bits per heavy atom. The van der Waals surface area contributed by atoms with Gasteiger partial charge < -0.3 is 5.32 Å². The molecule has 8 heavy (non-hydrogen) atoms. The van der Waals surface area contributed by atoms with Gasteiger partial charge in [-0.25, -0.2) is 0 Å². The Hall–Kier alpha value is -1.05. The molecular formula is C6H7N2. The molecule has 0 aliphatic heterocycles. The first-order chi connectivity index (χ1) is 3.93. The number of hydrogen-bond donors (Lipinski definition) is 1. The van der Waals surface area contributed by atoms with E-state index < -0.39 is 0 Å². The molecule has 1 aromatic rings. The Morgan fingerprint density at radius 2 is 2.62 bits per heavy atom. The standard InChI is InChI=1S/C6H7N2/c1-7-6-2-4-8-5-3-6/h2-4H,1H3,(H,7,8). The van der Waals surface area contributed by atoms with Gasteiger partial charge in [-0.3, -0.25) is 4.98 Å². The molecule has 0 unspecified atom stereocenters. The first kappa shape index (κ1) is 5.09. The van der Waals surface area contributed by atoms with Crippen LogP contribution in [0.4, 0.5) is 5.69 Å². The maximum atomic E-state index is 3.73. The second-order valence-corrected chi connectivity index (χ2v) is 1.42. The summed E-state index contributed by atoms with van der Waals surface area (Å²) in [6.45, 7) is 0. The van der Waals surface area contributed by atoms with E-state index in [1.54, 1.807) is 12.3 Å². The molecule has 1 heterocycles. The molecule has 2 heteroatoms. The highest BCUT2D eigenvalue weighted by Gasteiger charge is 1.79. The summed E-state index contributed by atoms with van der Waals surface area (Å²) in [4.78, 5) is 3.73. The summed E-state index contributed by atoms with van der Waals surface area (Å²) >= 11 is 0. The minimum atomic E-state index is 1.04. The van der Waals surface area contributed by atoms with Crippen LogP contribution < -0.4 is 5.32 Å². The molecule has 1 aromatic heterocycles. The maximum absolute atomic E-state index is 3.73. The van der Waals surface area contributed by atoms with Crippen molar-refractivity contribution in [3.8, 4) is 0 Å². The van der Waals surface area contributed by atoms with Crippen molar-refractivity contribution in [3.05, 3.63) is 24.5 Å². The Kier molecular flexibility index (Phi) is 1.47. The molecule has 2 nitrogen and oxygen atoms in total. The van der Waals surface area contributed by atoms with Crippen molar-refractivity contribution in [1.82, 2.24) is 4.98 Å². The molecule has 1 rings (SSSR count). The number of hydrogen-bond acceptors (Lipinski definition) is 2. The van der Waals surface area contributed by atoms with E-state index in [1.807, 2.05) is 13.1 Å². The van der Waals surface area contributed by atoms with Crippen molar-refractivity contribution in [1.29, 1.82) is 0 Å². The largest absolute Gasteiger partial charge is 0.388 e. The predicted molar refractivity (Wildman–Crippen MR) is 32.6 cm³/mol. The SMILES string of the molecule is CNc1c[c]ncc1. The highest BCUT2D eigenvalue weighted by atomic mass is 14.8. The number of pyridine rings is 1. The summed E-state index contributed by atoms with van der Waals surface area (Å²) in [5.41, 5.74) is 1.04. The summed E-state index contributed by atoms with van der Waals surface area (Å²) in [6.07, 6.45) is 4.40. The fraction of sp³-hybridized carbons (Fsp3) is 0.167. The lowest BCUT2D eigenvalue weighted by Crippen LogP contribution is -1.85. The topological polar surface area (TPSA) is 24.9 Å². The average molecular weight is 107 g/mol. The van der Waals surface area contributed by atoms with Crippen LogP contribution in [0.5, 0.6) is 0 Å². The molecule has 0 spiro atoms. The predicted octanol–water partition coefficient (Wildman–Crippen LogP) is 0.923. The first-order valence-corrected chi connectivity index (χ1v) is 2.43. The molecule has 0 aliphatic carbocycles. The van der Waals surface area contributed by atoms with E-state index in [9.17, 15) is 0 Å².